The van der Waals surface area contributed by atoms with Crippen molar-refractivity contribution in [3.05, 3.63) is 56.2 Å². The molecule has 2 aromatic rings. The van der Waals surface area contributed by atoms with Crippen LogP contribution >= 0.6 is 27.3 Å². The fraction of sp³-hybridized carbons (Fsp3) is 0.375. The Morgan fingerprint density at radius 3 is 2.63 bits per heavy atom. The van der Waals surface area contributed by atoms with E-state index in [4.69, 9.17) is 0 Å². The third kappa shape index (κ3) is 3.91. The van der Waals surface area contributed by atoms with E-state index in [2.05, 4.69) is 78.4 Å². The summed E-state index contributed by atoms with van der Waals surface area (Å²) in [6.07, 6.45) is 1.09. The first-order valence-corrected chi connectivity index (χ1v) is 8.29. The predicted octanol–water partition coefficient (Wildman–Crippen LogP) is 5.62. The van der Waals surface area contributed by atoms with Gasteiger partial charge in [-0.2, -0.15) is 0 Å². The van der Waals surface area contributed by atoms with Crippen molar-refractivity contribution >= 4 is 27.3 Å². The van der Waals surface area contributed by atoms with Gasteiger partial charge in [0.05, 0.1) is 0 Å². The molecule has 19 heavy (non-hydrogen) atoms. The molecule has 0 fully saturated rings. The highest BCUT2D eigenvalue weighted by Gasteiger charge is 2.15. The van der Waals surface area contributed by atoms with Gasteiger partial charge < -0.3 is 5.32 Å². The van der Waals surface area contributed by atoms with Crippen molar-refractivity contribution in [2.24, 2.45) is 0 Å². The lowest BCUT2D eigenvalue weighted by Gasteiger charge is -2.22. The van der Waals surface area contributed by atoms with E-state index in [1.165, 1.54) is 15.3 Å². The summed E-state index contributed by atoms with van der Waals surface area (Å²) in [4.78, 5) is 2.78. The zero-order valence-corrected chi connectivity index (χ0v) is 14.0. The van der Waals surface area contributed by atoms with Crippen LogP contribution in [0.3, 0.4) is 0 Å². The number of halogens is 1. The number of nitrogens with one attached hydrogen (secondary N) is 1. The summed E-state index contributed by atoms with van der Waals surface area (Å²) in [5, 5.41) is 3.73. The van der Waals surface area contributed by atoms with Gasteiger partial charge in [-0.15, -0.1) is 11.3 Å². The second kappa shape index (κ2) is 6.69. The average Bonchev–Trinajstić information content (AvgIpc) is 2.82. The van der Waals surface area contributed by atoms with Gasteiger partial charge >= 0.3 is 0 Å². The zero-order valence-electron chi connectivity index (χ0n) is 11.6. The molecule has 1 nitrogen and oxygen atoms in total. The minimum atomic E-state index is 0.391. The third-order valence-corrected chi connectivity index (χ3v) is 4.98. The van der Waals surface area contributed by atoms with E-state index in [1.54, 1.807) is 0 Å². The van der Waals surface area contributed by atoms with Gasteiger partial charge in [0.25, 0.3) is 0 Å². The molecule has 2 rings (SSSR count). The minimum Gasteiger partial charge on any atom is -0.303 e. The van der Waals surface area contributed by atoms with E-state index in [-0.39, 0.29) is 0 Å². The second-order valence-electron chi connectivity index (χ2n) is 4.85. The van der Waals surface area contributed by atoms with E-state index in [0.29, 0.717) is 12.1 Å². The Morgan fingerprint density at radius 2 is 2.05 bits per heavy atom. The van der Waals surface area contributed by atoms with Gasteiger partial charge in [0.1, 0.15) is 0 Å². The molecule has 0 saturated carbocycles. The standard InChI is InChI=1S/C16H20BrNS/c1-4-15(13-6-5-7-14(17)10-13)18-12(3)16-9-8-11(2)19-16/h5-10,12,15,18H,4H2,1-3H3. The van der Waals surface area contributed by atoms with Crippen molar-refractivity contribution < 1.29 is 0 Å². The molecule has 2 atom stereocenters. The van der Waals surface area contributed by atoms with Crippen molar-refractivity contribution in [3.8, 4) is 0 Å². The van der Waals surface area contributed by atoms with Crippen molar-refractivity contribution in [3.63, 3.8) is 0 Å². The van der Waals surface area contributed by atoms with Crippen LogP contribution in [-0.2, 0) is 0 Å². The lowest BCUT2D eigenvalue weighted by molar-refractivity contribution is 0.460. The fourth-order valence-electron chi connectivity index (χ4n) is 2.24. The van der Waals surface area contributed by atoms with E-state index in [1.807, 2.05) is 11.3 Å². The largest absolute Gasteiger partial charge is 0.303 e. The fourth-order valence-corrected chi connectivity index (χ4v) is 3.55. The first-order valence-electron chi connectivity index (χ1n) is 6.68. The monoisotopic (exact) mass is 337 g/mol. The highest BCUT2D eigenvalue weighted by atomic mass is 79.9. The molecule has 1 aromatic carbocycles. The first-order chi connectivity index (χ1) is 9.10. The molecule has 3 heteroatoms. The Labute approximate surface area is 128 Å². The van der Waals surface area contributed by atoms with Crippen LogP contribution in [0.2, 0.25) is 0 Å². The van der Waals surface area contributed by atoms with Gasteiger partial charge in [0.2, 0.25) is 0 Å². The van der Waals surface area contributed by atoms with Crippen LogP contribution in [0, 0.1) is 6.92 Å². The molecule has 0 aliphatic heterocycles. The van der Waals surface area contributed by atoms with E-state index in [0.717, 1.165) is 10.9 Å². The van der Waals surface area contributed by atoms with Crippen LogP contribution in [0.1, 0.15) is 47.7 Å². The molecule has 0 aliphatic rings. The Balaban J connectivity index is 2.11. The number of thiophene rings is 1. The molecular weight excluding hydrogens is 318 g/mol. The maximum atomic E-state index is 3.73. The maximum Gasteiger partial charge on any atom is 0.0391 e. The Kier molecular flexibility index (Phi) is 5.20. The predicted molar refractivity (Wildman–Crippen MR) is 87.8 cm³/mol. The summed E-state index contributed by atoms with van der Waals surface area (Å²) in [6.45, 7) is 6.63. The van der Waals surface area contributed by atoms with Gasteiger partial charge in [-0.1, -0.05) is 35.0 Å². The summed E-state index contributed by atoms with van der Waals surface area (Å²) < 4.78 is 1.14. The lowest BCUT2D eigenvalue weighted by Crippen LogP contribution is -2.23. The molecule has 0 bridgehead atoms. The molecule has 2 unspecified atom stereocenters. The van der Waals surface area contributed by atoms with Crippen molar-refractivity contribution in [1.82, 2.24) is 5.32 Å². The molecule has 1 aromatic heterocycles. The molecule has 102 valence electrons. The van der Waals surface area contributed by atoms with Crippen LogP contribution in [0.25, 0.3) is 0 Å². The van der Waals surface area contributed by atoms with E-state index < -0.39 is 0 Å². The molecule has 1 N–H and O–H groups in total. The highest BCUT2D eigenvalue weighted by molar-refractivity contribution is 9.10. The number of hydrogen-bond acceptors (Lipinski definition) is 2. The summed E-state index contributed by atoms with van der Waals surface area (Å²) >= 11 is 5.42. The third-order valence-electron chi connectivity index (χ3n) is 3.30. The Bertz CT molecular complexity index is 535. The normalized spacial score (nSPS) is 14.3. The average molecular weight is 338 g/mol. The lowest BCUT2D eigenvalue weighted by atomic mass is 10.0. The van der Waals surface area contributed by atoms with Gasteiger partial charge in [0, 0.05) is 26.3 Å². The minimum absolute atomic E-state index is 0.391. The molecule has 0 amide bonds. The smallest absolute Gasteiger partial charge is 0.0391 e. The molecule has 0 saturated heterocycles. The van der Waals surface area contributed by atoms with Gasteiger partial charge in [-0.05, 0) is 50.1 Å². The summed E-state index contributed by atoms with van der Waals surface area (Å²) in [5.74, 6) is 0. The highest BCUT2D eigenvalue weighted by Crippen LogP contribution is 2.27. The topological polar surface area (TPSA) is 12.0 Å². The summed E-state index contributed by atoms with van der Waals surface area (Å²) in [6, 6.07) is 13.8. The molecule has 0 aliphatic carbocycles. The Morgan fingerprint density at radius 1 is 1.26 bits per heavy atom. The maximum absolute atomic E-state index is 3.73. The molecule has 0 radical (unpaired) electrons. The summed E-state index contributed by atoms with van der Waals surface area (Å²) in [5.41, 5.74) is 1.34. The van der Waals surface area contributed by atoms with Crippen LogP contribution in [-0.4, -0.2) is 0 Å². The van der Waals surface area contributed by atoms with Crippen molar-refractivity contribution in [1.29, 1.82) is 0 Å². The number of aryl methyl sites for hydroxylation is 1. The van der Waals surface area contributed by atoms with Crippen LogP contribution in [0.4, 0.5) is 0 Å². The van der Waals surface area contributed by atoms with E-state index in [9.17, 15) is 0 Å². The van der Waals surface area contributed by atoms with Crippen LogP contribution in [0.5, 0.6) is 0 Å². The first kappa shape index (κ1) is 14.8. The van der Waals surface area contributed by atoms with Gasteiger partial charge in [-0.3, -0.25) is 0 Å². The van der Waals surface area contributed by atoms with Crippen molar-refractivity contribution in [2.45, 2.75) is 39.3 Å². The molecule has 0 spiro atoms. The SMILES string of the molecule is CCC(NC(C)c1ccc(C)s1)c1cccc(Br)c1. The molecular formula is C16H20BrNS. The number of hydrogen-bond donors (Lipinski definition) is 1. The Hall–Kier alpha value is -0.640. The van der Waals surface area contributed by atoms with Gasteiger partial charge in [0.15, 0.2) is 0 Å². The quantitative estimate of drug-likeness (QED) is 0.746. The number of benzene rings is 1. The van der Waals surface area contributed by atoms with E-state index >= 15 is 0 Å². The molecule has 1 heterocycles. The second-order valence-corrected chi connectivity index (χ2v) is 7.09. The van der Waals surface area contributed by atoms with Crippen molar-refractivity contribution in [2.75, 3.05) is 0 Å². The zero-order chi connectivity index (χ0) is 13.8. The summed E-state index contributed by atoms with van der Waals surface area (Å²) in [7, 11) is 0. The van der Waals surface area contributed by atoms with Crippen LogP contribution in [0.15, 0.2) is 40.9 Å². The van der Waals surface area contributed by atoms with Gasteiger partial charge in [-0.25, -0.2) is 0 Å². The number of rotatable bonds is 5. The van der Waals surface area contributed by atoms with Crippen LogP contribution < -0.4 is 5.32 Å².